The Hall–Kier alpha value is -0.530. The molecule has 0 bridgehead atoms. The molecule has 2 nitrogen and oxygen atoms in total. The van der Waals surface area contributed by atoms with Crippen LogP contribution in [0.25, 0.3) is 0 Å². The summed E-state index contributed by atoms with van der Waals surface area (Å²) in [5, 5.41) is 9.61. The van der Waals surface area contributed by atoms with Crippen molar-refractivity contribution in [3.05, 3.63) is 0 Å². The first kappa shape index (κ1) is 16.8. The van der Waals surface area contributed by atoms with Crippen LogP contribution in [0.2, 0.25) is 0 Å². The van der Waals surface area contributed by atoms with Gasteiger partial charge in [0.05, 0.1) is 6.42 Å². The van der Waals surface area contributed by atoms with E-state index in [1.54, 1.807) is 0 Å². The number of hydrogen-bond donors (Lipinski definition) is 1. The van der Waals surface area contributed by atoms with Gasteiger partial charge in [0.15, 0.2) is 0 Å². The SMILES string of the molecule is CC1(C)CCCCCC1(C)C1(CC(=O)O)CCCCCC1. The highest BCUT2D eigenvalue weighted by Crippen LogP contribution is 2.63. The van der Waals surface area contributed by atoms with Crippen molar-refractivity contribution < 1.29 is 9.90 Å². The molecule has 2 heteroatoms. The van der Waals surface area contributed by atoms with Crippen molar-refractivity contribution in [3.8, 4) is 0 Å². The third-order valence-electron chi connectivity index (χ3n) is 7.19. The summed E-state index contributed by atoms with van der Waals surface area (Å²) in [5.74, 6) is -0.585. The maximum Gasteiger partial charge on any atom is 0.303 e. The zero-order valence-electron chi connectivity index (χ0n) is 14.3. The molecule has 0 aromatic carbocycles. The molecule has 0 aliphatic heterocycles. The van der Waals surface area contributed by atoms with E-state index in [0.717, 1.165) is 12.8 Å². The minimum atomic E-state index is -0.585. The van der Waals surface area contributed by atoms with Crippen LogP contribution in [0.15, 0.2) is 0 Å². The summed E-state index contributed by atoms with van der Waals surface area (Å²) in [6, 6.07) is 0. The van der Waals surface area contributed by atoms with Crippen molar-refractivity contribution >= 4 is 5.97 Å². The minimum Gasteiger partial charge on any atom is -0.481 e. The summed E-state index contributed by atoms with van der Waals surface area (Å²) in [6.07, 6.45) is 14.0. The van der Waals surface area contributed by atoms with Crippen molar-refractivity contribution in [3.63, 3.8) is 0 Å². The average Bonchev–Trinajstić information content (AvgIpc) is 2.69. The average molecular weight is 294 g/mol. The summed E-state index contributed by atoms with van der Waals surface area (Å²) in [7, 11) is 0. The highest BCUT2D eigenvalue weighted by Gasteiger charge is 2.55. The zero-order valence-corrected chi connectivity index (χ0v) is 14.3. The van der Waals surface area contributed by atoms with Gasteiger partial charge in [-0.05, 0) is 41.9 Å². The Morgan fingerprint density at radius 1 is 0.810 bits per heavy atom. The molecule has 0 amide bonds. The van der Waals surface area contributed by atoms with Gasteiger partial charge in [-0.3, -0.25) is 4.79 Å². The second kappa shape index (κ2) is 6.30. The van der Waals surface area contributed by atoms with E-state index in [0.29, 0.717) is 6.42 Å². The number of aliphatic carboxylic acids is 1. The van der Waals surface area contributed by atoms with Crippen molar-refractivity contribution in [2.45, 2.75) is 97.8 Å². The number of carboxylic acids is 1. The maximum absolute atomic E-state index is 11.7. The molecule has 1 unspecified atom stereocenters. The normalized spacial score (nSPS) is 32.9. The van der Waals surface area contributed by atoms with Crippen LogP contribution in [0, 0.1) is 16.2 Å². The molecule has 0 heterocycles. The standard InChI is InChI=1S/C19H34O2/c1-17(2)11-7-6-8-12-18(17,3)19(15-16(20)21)13-9-4-5-10-14-19/h4-15H2,1-3H3,(H,20,21). The fraction of sp³-hybridized carbons (Fsp3) is 0.947. The second-order valence-electron chi connectivity index (χ2n) is 8.54. The van der Waals surface area contributed by atoms with E-state index in [-0.39, 0.29) is 16.2 Å². The van der Waals surface area contributed by atoms with E-state index in [1.807, 2.05) is 0 Å². The molecule has 1 N–H and O–H groups in total. The molecule has 2 aliphatic rings. The first-order valence-corrected chi connectivity index (χ1v) is 9.05. The van der Waals surface area contributed by atoms with Crippen molar-refractivity contribution in [1.29, 1.82) is 0 Å². The Kier molecular flexibility index (Phi) is 5.05. The van der Waals surface area contributed by atoms with E-state index in [4.69, 9.17) is 0 Å². The van der Waals surface area contributed by atoms with Crippen LogP contribution in [-0.2, 0) is 4.79 Å². The molecule has 2 rings (SSSR count). The first-order valence-electron chi connectivity index (χ1n) is 9.05. The summed E-state index contributed by atoms with van der Waals surface area (Å²) >= 11 is 0. The predicted molar refractivity (Wildman–Crippen MR) is 87.4 cm³/mol. The van der Waals surface area contributed by atoms with Crippen LogP contribution in [0.5, 0.6) is 0 Å². The van der Waals surface area contributed by atoms with E-state index in [1.165, 1.54) is 57.8 Å². The molecule has 0 aromatic heterocycles. The Morgan fingerprint density at radius 2 is 1.29 bits per heavy atom. The van der Waals surface area contributed by atoms with Gasteiger partial charge in [0.25, 0.3) is 0 Å². The fourth-order valence-electron chi connectivity index (χ4n) is 5.44. The van der Waals surface area contributed by atoms with Crippen LogP contribution in [0.4, 0.5) is 0 Å². The van der Waals surface area contributed by atoms with Gasteiger partial charge < -0.3 is 5.11 Å². The Bertz CT molecular complexity index is 364. The summed E-state index contributed by atoms with van der Waals surface area (Å²) in [5.41, 5.74) is 0.436. The van der Waals surface area contributed by atoms with Crippen molar-refractivity contribution in [2.75, 3.05) is 0 Å². The van der Waals surface area contributed by atoms with Crippen molar-refractivity contribution in [2.24, 2.45) is 16.2 Å². The smallest absolute Gasteiger partial charge is 0.303 e. The Morgan fingerprint density at radius 3 is 1.86 bits per heavy atom. The van der Waals surface area contributed by atoms with E-state index >= 15 is 0 Å². The number of rotatable bonds is 3. The van der Waals surface area contributed by atoms with Crippen LogP contribution in [-0.4, -0.2) is 11.1 Å². The minimum absolute atomic E-state index is 0.0170. The van der Waals surface area contributed by atoms with Gasteiger partial charge in [0.1, 0.15) is 0 Å². The van der Waals surface area contributed by atoms with Crippen LogP contribution in [0.1, 0.15) is 97.8 Å². The molecule has 122 valence electrons. The van der Waals surface area contributed by atoms with Gasteiger partial charge in [-0.1, -0.05) is 65.7 Å². The lowest BCUT2D eigenvalue weighted by molar-refractivity contribution is -0.148. The Labute approximate surface area is 130 Å². The summed E-state index contributed by atoms with van der Waals surface area (Å²) < 4.78 is 0. The highest BCUT2D eigenvalue weighted by molar-refractivity contribution is 5.68. The van der Waals surface area contributed by atoms with Crippen molar-refractivity contribution in [1.82, 2.24) is 0 Å². The predicted octanol–water partition coefficient (Wildman–Crippen LogP) is 5.80. The van der Waals surface area contributed by atoms with Gasteiger partial charge in [0, 0.05) is 0 Å². The number of hydrogen-bond acceptors (Lipinski definition) is 1. The van der Waals surface area contributed by atoms with E-state index in [2.05, 4.69) is 20.8 Å². The largest absolute Gasteiger partial charge is 0.481 e. The van der Waals surface area contributed by atoms with Gasteiger partial charge in [-0.25, -0.2) is 0 Å². The molecule has 2 saturated carbocycles. The van der Waals surface area contributed by atoms with Crippen LogP contribution >= 0.6 is 0 Å². The van der Waals surface area contributed by atoms with Crippen LogP contribution in [0.3, 0.4) is 0 Å². The fourth-order valence-corrected chi connectivity index (χ4v) is 5.44. The number of carboxylic acid groups (broad SMARTS) is 1. The van der Waals surface area contributed by atoms with E-state index < -0.39 is 5.97 Å². The topological polar surface area (TPSA) is 37.3 Å². The molecule has 0 spiro atoms. The maximum atomic E-state index is 11.7. The lowest BCUT2D eigenvalue weighted by Gasteiger charge is -2.57. The molecule has 0 aromatic rings. The lowest BCUT2D eigenvalue weighted by atomic mass is 9.47. The molecule has 2 fully saturated rings. The molecule has 0 saturated heterocycles. The molecule has 1 atom stereocenters. The molecule has 21 heavy (non-hydrogen) atoms. The van der Waals surface area contributed by atoms with Gasteiger partial charge >= 0.3 is 5.97 Å². The second-order valence-corrected chi connectivity index (χ2v) is 8.54. The third kappa shape index (κ3) is 3.14. The van der Waals surface area contributed by atoms with Gasteiger partial charge in [-0.15, -0.1) is 0 Å². The summed E-state index contributed by atoms with van der Waals surface area (Å²) in [6.45, 7) is 7.26. The third-order valence-corrected chi connectivity index (χ3v) is 7.19. The molecular weight excluding hydrogens is 260 g/mol. The number of carbonyl (C=O) groups is 1. The van der Waals surface area contributed by atoms with Gasteiger partial charge in [-0.2, -0.15) is 0 Å². The van der Waals surface area contributed by atoms with Gasteiger partial charge in [0.2, 0.25) is 0 Å². The molecule has 2 aliphatic carbocycles. The highest BCUT2D eigenvalue weighted by atomic mass is 16.4. The summed E-state index contributed by atoms with van der Waals surface area (Å²) in [4.78, 5) is 11.7. The van der Waals surface area contributed by atoms with Crippen LogP contribution < -0.4 is 0 Å². The molecular formula is C19H34O2. The zero-order chi connectivity index (χ0) is 15.6. The Balaban J connectivity index is 2.42. The molecule has 0 radical (unpaired) electrons. The van der Waals surface area contributed by atoms with E-state index in [9.17, 15) is 9.90 Å². The quantitative estimate of drug-likeness (QED) is 0.668. The monoisotopic (exact) mass is 294 g/mol. The first-order chi connectivity index (χ1) is 9.83. The lowest BCUT2D eigenvalue weighted by Crippen LogP contribution is -2.50.